The molecule has 2 aliphatic heterocycles. The number of hydrogen-bond donors (Lipinski definition) is 0. The van der Waals surface area contributed by atoms with E-state index in [1.54, 1.807) is 18.9 Å². The fourth-order valence-electron chi connectivity index (χ4n) is 6.21. The maximum atomic E-state index is 5.99. The van der Waals surface area contributed by atoms with E-state index in [1.807, 2.05) is 48.5 Å². The zero-order chi connectivity index (χ0) is 35.9. The van der Waals surface area contributed by atoms with Crippen LogP contribution in [0.25, 0.3) is 5.69 Å². The van der Waals surface area contributed by atoms with E-state index in [9.17, 15) is 0 Å². The van der Waals surface area contributed by atoms with E-state index >= 15 is 0 Å². The molecular weight excluding hydrogens is 665 g/mol. The molecule has 2 aliphatic rings. The molecule has 9 heteroatoms. The van der Waals surface area contributed by atoms with Gasteiger partial charge in [0.2, 0.25) is 0 Å². The van der Waals surface area contributed by atoms with Crippen LogP contribution in [-0.4, -0.2) is 51.1 Å². The SMILES string of the molecule is COc1ccc(COCc2nnc3n2-c2ccc(C)cc2C(c2ccccc2)=NC3)cc1.CSC1=Nc2ccc(C)cc2C(c2ccccc2)=NC1. The molecule has 8 rings (SSSR count). The van der Waals surface area contributed by atoms with Crippen LogP contribution in [0.4, 0.5) is 5.69 Å². The van der Waals surface area contributed by atoms with E-state index in [0.717, 1.165) is 73.1 Å². The van der Waals surface area contributed by atoms with Gasteiger partial charge in [0.15, 0.2) is 11.6 Å². The van der Waals surface area contributed by atoms with Crippen LogP contribution >= 0.6 is 11.8 Å². The van der Waals surface area contributed by atoms with Gasteiger partial charge >= 0.3 is 0 Å². The monoisotopic (exact) mass is 704 g/mol. The largest absolute Gasteiger partial charge is 0.497 e. The summed E-state index contributed by atoms with van der Waals surface area (Å²) >= 11 is 1.67. The number of ether oxygens (including phenoxy) is 2. The smallest absolute Gasteiger partial charge is 0.163 e. The third-order valence-electron chi connectivity index (χ3n) is 8.84. The molecule has 0 unspecified atom stereocenters. The molecular formula is C43H40N6O2S. The summed E-state index contributed by atoms with van der Waals surface area (Å²) in [6.07, 6.45) is 2.05. The van der Waals surface area contributed by atoms with E-state index in [4.69, 9.17) is 24.5 Å². The predicted octanol–water partition coefficient (Wildman–Crippen LogP) is 8.89. The highest BCUT2D eigenvalue weighted by atomic mass is 32.2. The summed E-state index contributed by atoms with van der Waals surface area (Å²) in [4.78, 5) is 14.4. The number of aromatic nitrogens is 3. The molecule has 0 atom stereocenters. The first kappa shape index (κ1) is 34.8. The second kappa shape index (κ2) is 16.1. The normalized spacial score (nSPS) is 13.1. The Balaban J connectivity index is 0.000000180. The molecule has 8 nitrogen and oxygen atoms in total. The summed E-state index contributed by atoms with van der Waals surface area (Å²) in [5, 5.41) is 9.90. The standard InChI is InChI=1S/C26H24N4O2.C17H16N2S/c1-18-8-13-23-22(14-18)26(20-6-4-3-5-7-20)27-15-24-28-29-25(30(23)24)17-32-16-19-9-11-21(31-2)12-10-19;1-12-8-9-15-14(10-12)17(13-6-4-3-5-7-13)18-11-16(19-15)20-2/h3-14H,15-17H2,1-2H3;3-10H,11H2,1-2H3. The first-order valence-electron chi connectivity index (χ1n) is 17.2. The Bertz CT molecular complexity index is 2260. The zero-order valence-electron chi connectivity index (χ0n) is 29.8. The van der Waals surface area contributed by atoms with Gasteiger partial charge in [0.25, 0.3) is 0 Å². The second-order valence-electron chi connectivity index (χ2n) is 12.5. The van der Waals surface area contributed by atoms with Gasteiger partial charge in [-0.1, -0.05) is 96.1 Å². The lowest BCUT2D eigenvalue weighted by molar-refractivity contribution is 0.100. The number of rotatable bonds is 7. The van der Waals surface area contributed by atoms with Gasteiger partial charge in [-0.3, -0.25) is 14.6 Å². The van der Waals surface area contributed by atoms with Crippen LogP contribution in [0.3, 0.4) is 0 Å². The first-order chi connectivity index (χ1) is 25.5. The summed E-state index contributed by atoms with van der Waals surface area (Å²) in [6, 6.07) is 41.3. The van der Waals surface area contributed by atoms with Gasteiger partial charge in [-0.2, -0.15) is 0 Å². The van der Waals surface area contributed by atoms with E-state index in [2.05, 4.69) is 108 Å². The fourth-order valence-corrected chi connectivity index (χ4v) is 6.60. The molecule has 1 aromatic heterocycles. The van der Waals surface area contributed by atoms with Gasteiger partial charge in [0.1, 0.15) is 18.9 Å². The summed E-state index contributed by atoms with van der Waals surface area (Å²) in [6.45, 7) is 6.15. The van der Waals surface area contributed by atoms with Crippen molar-refractivity contribution in [2.45, 2.75) is 33.6 Å². The fraction of sp³-hybridized carbons (Fsp3) is 0.186. The van der Waals surface area contributed by atoms with Crippen molar-refractivity contribution >= 4 is 33.9 Å². The molecule has 0 aliphatic carbocycles. The average Bonchev–Trinajstić information content (AvgIpc) is 3.39. The van der Waals surface area contributed by atoms with Crippen molar-refractivity contribution < 1.29 is 9.47 Å². The van der Waals surface area contributed by atoms with E-state index < -0.39 is 0 Å². The predicted molar refractivity (Wildman–Crippen MR) is 212 cm³/mol. The summed E-state index contributed by atoms with van der Waals surface area (Å²) in [5.41, 5.74) is 12.0. The molecule has 0 radical (unpaired) electrons. The van der Waals surface area contributed by atoms with Crippen LogP contribution in [-0.2, 0) is 24.5 Å². The van der Waals surface area contributed by atoms with Crippen molar-refractivity contribution in [3.05, 3.63) is 172 Å². The van der Waals surface area contributed by atoms with Crippen LogP contribution < -0.4 is 4.74 Å². The highest BCUT2D eigenvalue weighted by Crippen LogP contribution is 2.29. The van der Waals surface area contributed by atoms with Crippen LogP contribution in [0, 0.1) is 13.8 Å². The average molecular weight is 705 g/mol. The first-order valence-corrected chi connectivity index (χ1v) is 18.4. The number of aryl methyl sites for hydroxylation is 2. The van der Waals surface area contributed by atoms with Crippen molar-refractivity contribution in [2.24, 2.45) is 15.0 Å². The highest BCUT2D eigenvalue weighted by molar-refractivity contribution is 8.13. The van der Waals surface area contributed by atoms with Crippen LogP contribution in [0.1, 0.15) is 50.6 Å². The maximum Gasteiger partial charge on any atom is 0.163 e. The molecule has 0 spiro atoms. The van der Waals surface area contributed by atoms with Crippen molar-refractivity contribution in [1.29, 1.82) is 0 Å². The molecule has 260 valence electrons. The van der Waals surface area contributed by atoms with Crippen molar-refractivity contribution in [3.8, 4) is 11.4 Å². The van der Waals surface area contributed by atoms with Crippen molar-refractivity contribution in [2.75, 3.05) is 19.9 Å². The minimum atomic E-state index is 0.354. The molecule has 3 heterocycles. The highest BCUT2D eigenvalue weighted by Gasteiger charge is 2.23. The van der Waals surface area contributed by atoms with Gasteiger partial charge in [-0.25, -0.2) is 4.99 Å². The maximum absolute atomic E-state index is 5.99. The van der Waals surface area contributed by atoms with Crippen molar-refractivity contribution in [3.63, 3.8) is 0 Å². The quantitative estimate of drug-likeness (QED) is 0.166. The number of fused-ring (bicyclic) bond motifs is 4. The summed E-state index contributed by atoms with van der Waals surface area (Å²) in [7, 11) is 1.66. The Labute approximate surface area is 309 Å². The van der Waals surface area contributed by atoms with E-state index in [1.165, 1.54) is 11.1 Å². The Hall–Kier alpha value is -5.64. The number of methoxy groups -OCH3 is 1. The second-order valence-corrected chi connectivity index (χ2v) is 13.4. The third kappa shape index (κ3) is 7.81. The molecule has 0 N–H and O–H groups in total. The van der Waals surface area contributed by atoms with Gasteiger partial charge in [0, 0.05) is 22.3 Å². The molecule has 0 saturated carbocycles. The molecule has 5 aromatic carbocycles. The number of aliphatic imine (C=N–C) groups is 3. The van der Waals surface area contributed by atoms with Crippen LogP contribution in [0.2, 0.25) is 0 Å². The molecule has 0 saturated heterocycles. The van der Waals surface area contributed by atoms with Gasteiger partial charge in [0.05, 0.1) is 48.1 Å². The number of benzene rings is 5. The topological polar surface area (TPSA) is 86.2 Å². The summed E-state index contributed by atoms with van der Waals surface area (Å²) in [5.74, 6) is 2.41. The lowest BCUT2D eigenvalue weighted by atomic mass is 9.98. The Morgan fingerprint density at radius 1 is 0.673 bits per heavy atom. The zero-order valence-corrected chi connectivity index (χ0v) is 30.6. The minimum Gasteiger partial charge on any atom is -0.497 e. The molecule has 52 heavy (non-hydrogen) atoms. The van der Waals surface area contributed by atoms with Crippen LogP contribution in [0.5, 0.6) is 5.75 Å². The number of nitrogens with zero attached hydrogens (tertiary/aromatic N) is 6. The van der Waals surface area contributed by atoms with E-state index in [-0.39, 0.29) is 0 Å². The van der Waals surface area contributed by atoms with E-state index in [0.29, 0.717) is 26.3 Å². The van der Waals surface area contributed by atoms with Gasteiger partial charge in [-0.05, 0) is 62.1 Å². The van der Waals surface area contributed by atoms with Crippen LogP contribution in [0.15, 0.2) is 136 Å². The summed E-state index contributed by atoms with van der Waals surface area (Å²) < 4.78 is 13.3. The lowest BCUT2D eigenvalue weighted by Gasteiger charge is -2.14. The molecule has 0 fully saturated rings. The van der Waals surface area contributed by atoms with Crippen molar-refractivity contribution in [1.82, 2.24) is 14.8 Å². The number of hydrogen-bond acceptors (Lipinski definition) is 8. The third-order valence-corrected chi connectivity index (χ3v) is 9.53. The molecule has 6 aromatic rings. The van der Waals surface area contributed by atoms with Gasteiger partial charge < -0.3 is 9.47 Å². The number of thioether (sulfide) groups is 1. The minimum absolute atomic E-state index is 0.354. The molecule has 0 amide bonds. The Morgan fingerprint density at radius 2 is 1.31 bits per heavy atom. The Morgan fingerprint density at radius 3 is 1.98 bits per heavy atom. The lowest BCUT2D eigenvalue weighted by Crippen LogP contribution is -2.10. The molecule has 0 bridgehead atoms. The Kier molecular flexibility index (Phi) is 10.8. The van der Waals surface area contributed by atoms with Gasteiger partial charge in [-0.15, -0.1) is 22.0 Å².